The lowest BCUT2D eigenvalue weighted by atomic mass is 10.1. The van der Waals surface area contributed by atoms with E-state index in [0.717, 1.165) is 5.56 Å². The fourth-order valence-corrected chi connectivity index (χ4v) is 2.49. The van der Waals surface area contributed by atoms with Crippen molar-refractivity contribution in [2.75, 3.05) is 39.8 Å². The predicted molar refractivity (Wildman–Crippen MR) is 81.1 cm³/mol. The van der Waals surface area contributed by atoms with Gasteiger partial charge in [0.05, 0.1) is 12.5 Å². The van der Waals surface area contributed by atoms with Crippen LogP contribution in [0.2, 0.25) is 0 Å². The van der Waals surface area contributed by atoms with Gasteiger partial charge < -0.3 is 15.3 Å². The molecule has 1 saturated heterocycles. The summed E-state index contributed by atoms with van der Waals surface area (Å²) in [6.45, 7) is 2.78. The molecule has 0 spiro atoms. The minimum Gasteiger partial charge on any atom is -0.481 e. The second-order valence-corrected chi connectivity index (χ2v) is 5.61. The zero-order valence-electron chi connectivity index (χ0n) is 12.7. The van der Waals surface area contributed by atoms with Gasteiger partial charge in [-0.15, -0.1) is 0 Å². The number of amides is 1. The molecule has 0 saturated carbocycles. The Balaban J connectivity index is 1.88. The third-order valence-electron chi connectivity index (χ3n) is 3.70. The first-order chi connectivity index (χ1) is 10.6. The molecule has 22 heavy (non-hydrogen) atoms. The Hall–Kier alpha value is -1.99. The van der Waals surface area contributed by atoms with E-state index in [9.17, 15) is 9.59 Å². The summed E-state index contributed by atoms with van der Waals surface area (Å²) in [5.74, 6) is -1.44. The number of nitrogens with one attached hydrogen (secondary N) is 1. The molecule has 0 radical (unpaired) electrons. The first-order valence-corrected chi connectivity index (χ1v) is 7.35. The molecule has 1 fully saturated rings. The van der Waals surface area contributed by atoms with Crippen LogP contribution in [0.15, 0.2) is 24.5 Å². The molecule has 0 bridgehead atoms. The Morgan fingerprint density at radius 1 is 1.45 bits per heavy atom. The maximum absolute atomic E-state index is 12.4. The molecule has 1 amide bonds. The van der Waals surface area contributed by atoms with Gasteiger partial charge in [-0.25, -0.2) is 0 Å². The number of carboxylic acid groups (broad SMARTS) is 1. The summed E-state index contributed by atoms with van der Waals surface area (Å²) < 4.78 is 0. The van der Waals surface area contributed by atoms with Gasteiger partial charge in [-0.1, -0.05) is 0 Å². The van der Waals surface area contributed by atoms with Crippen molar-refractivity contribution in [1.82, 2.24) is 20.1 Å². The van der Waals surface area contributed by atoms with E-state index in [-0.39, 0.29) is 19.0 Å². The fourth-order valence-electron chi connectivity index (χ4n) is 2.49. The molecule has 2 N–H and O–H groups in total. The number of carbonyl (C=O) groups excluding carboxylic acids is 1. The van der Waals surface area contributed by atoms with Crippen molar-refractivity contribution < 1.29 is 14.7 Å². The van der Waals surface area contributed by atoms with Crippen LogP contribution in [0.3, 0.4) is 0 Å². The molecule has 1 aromatic heterocycles. The van der Waals surface area contributed by atoms with Gasteiger partial charge in [-0.3, -0.25) is 19.5 Å². The van der Waals surface area contributed by atoms with Crippen LogP contribution in [-0.2, 0) is 16.1 Å². The molecular formula is C15H22N4O3. The van der Waals surface area contributed by atoms with E-state index in [1.165, 1.54) is 0 Å². The molecule has 0 aliphatic carbocycles. The lowest BCUT2D eigenvalue weighted by Crippen LogP contribution is -2.42. The topological polar surface area (TPSA) is 85.8 Å². The number of carbonyl (C=O) groups is 2. The van der Waals surface area contributed by atoms with Gasteiger partial charge in [0.1, 0.15) is 0 Å². The van der Waals surface area contributed by atoms with Crippen LogP contribution in [-0.4, -0.2) is 71.5 Å². The van der Waals surface area contributed by atoms with E-state index in [1.54, 1.807) is 17.3 Å². The van der Waals surface area contributed by atoms with Crippen LogP contribution in [0.4, 0.5) is 0 Å². The number of likely N-dealkylation sites (N-methyl/N-ethyl adjacent to an activating group) is 1. The number of hydrogen-bond acceptors (Lipinski definition) is 5. The number of aromatic nitrogens is 1. The number of hydrogen-bond donors (Lipinski definition) is 2. The number of aliphatic carboxylic acids is 1. The van der Waals surface area contributed by atoms with Crippen LogP contribution in [0.1, 0.15) is 5.56 Å². The Morgan fingerprint density at radius 3 is 2.86 bits per heavy atom. The monoisotopic (exact) mass is 306 g/mol. The van der Waals surface area contributed by atoms with Crippen LogP contribution in [0.25, 0.3) is 0 Å². The van der Waals surface area contributed by atoms with Crippen molar-refractivity contribution in [3.8, 4) is 0 Å². The maximum Gasteiger partial charge on any atom is 0.309 e. The first kappa shape index (κ1) is 16.4. The molecule has 0 aromatic carbocycles. The third kappa shape index (κ3) is 4.78. The van der Waals surface area contributed by atoms with Crippen molar-refractivity contribution in [2.45, 2.75) is 6.54 Å². The molecule has 7 heteroatoms. The van der Waals surface area contributed by atoms with E-state index in [2.05, 4.69) is 10.3 Å². The molecule has 1 aliphatic rings. The lowest BCUT2D eigenvalue weighted by molar-refractivity contribution is -0.143. The lowest BCUT2D eigenvalue weighted by Gasteiger charge is -2.25. The average molecular weight is 306 g/mol. The van der Waals surface area contributed by atoms with Gasteiger partial charge >= 0.3 is 5.97 Å². The van der Waals surface area contributed by atoms with Crippen molar-refractivity contribution >= 4 is 11.9 Å². The quantitative estimate of drug-likeness (QED) is 0.773. The maximum atomic E-state index is 12.4. The summed E-state index contributed by atoms with van der Waals surface area (Å²) in [6, 6.07) is 3.83. The smallest absolute Gasteiger partial charge is 0.309 e. The zero-order valence-corrected chi connectivity index (χ0v) is 12.7. The Kier molecular flexibility index (Phi) is 5.85. The van der Waals surface area contributed by atoms with Crippen LogP contribution >= 0.6 is 0 Å². The second kappa shape index (κ2) is 7.86. The molecule has 0 unspecified atom stereocenters. The predicted octanol–water partition coefficient (Wildman–Crippen LogP) is -0.354. The Morgan fingerprint density at radius 2 is 2.18 bits per heavy atom. The van der Waals surface area contributed by atoms with Gasteiger partial charge in [0.15, 0.2) is 0 Å². The summed E-state index contributed by atoms with van der Waals surface area (Å²) in [7, 11) is 1.88. The number of nitrogens with zero attached hydrogens (tertiary/aromatic N) is 3. The summed E-state index contributed by atoms with van der Waals surface area (Å²) in [6.07, 6.45) is 3.45. The van der Waals surface area contributed by atoms with E-state index in [1.807, 2.05) is 24.1 Å². The van der Waals surface area contributed by atoms with E-state index < -0.39 is 11.9 Å². The number of rotatable bonds is 5. The molecule has 1 atom stereocenters. The summed E-state index contributed by atoms with van der Waals surface area (Å²) in [4.78, 5) is 31.0. The normalized spacial score (nSPS) is 19.0. The zero-order chi connectivity index (χ0) is 15.9. The van der Waals surface area contributed by atoms with Crippen LogP contribution in [0, 0.1) is 5.92 Å². The summed E-state index contributed by atoms with van der Waals surface area (Å²) in [5.41, 5.74) is 1.09. The van der Waals surface area contributed by atoms with Crippen LogP contribution in [0.5, 0.6) is 0 Å². The number of pyridine rings is 1. The molecule has 1 aromatic rings. The van der Waals surface area contributed by atoms with E-state index in [0.29, 0.717) is 26.2 Å². The van der Waals surface area contributed by atoms with Crippen molar-refractivity contribution in [2.24, 2.45) is 5.92 Å². The molecular weight excluding hydrogens is 284 g/mol. The van der Waals surface area contributed by atoms with Crippen molar-refractivity contribution in [1.29, 1.82) is 0 Å². The van der Waals surface area contributed by atoms with Crippen LogP contribution < -0.4 is 5.32 Å². The minimum absolute atomic E-state index is 0.0356. The van der Waals surface area contributed by atoms with Gasteiger partial charge in [0.25, 0.3) is 0 Å². The van der Waals surface area contributed by atoms with Gasteiger partial charge in [0, 0.05) is 45.1 Å². The Bertz CT molecular complexity index is 509. The van der Waals surface area contributed by atoms with E-state index in [4.69, 9.17) is 5.11 Å². The first-order valence-electron chi connectivity index (χ1n) is 7.35. The molecule has 7 nitrogen and oxygen atoms in total. The Labute approximate surface area is 129 Å². The van der Waals surface area contributed by atoms with Crippen molar-refractivity contribution in [3.63, 3.8) is 0 Å². The van der Waals surface area contributed by atoms with Gasteiger partial charge in [0.2, 0.25) is 5.91 Å². The van der Waals surface area contributed by atoms with E-state index >= 15 is 0 Å². The van der Waals surface area contributed by atoms with Crippen molar-refractivity contribution in [3.05, 3.63) is 30.1 Å². The highest BCUT2D eigenvalue weighted by molar-refractivity contribution is 5.79. The average Bonchev–Trinajstić information content (AvgIpc) is 2.74. The summed E-state index contributed by atoms with van der Waals surface area (Å²) >= 11 is 0. The molecule has 120 valence electrons. The second-order valence-electron chi connectivity index (χ2n) is 5.61. The SMILES string of the molecule is CN(CC(=O)N1CCNC[C@H](C(=O)O)C1)Cc1ccncc1. The number of carboxylic acids is 1. The summed E-state index contributed by atoms with van der Waals surface area (Å²) in [5, 5.41) is 12.2. The third-order valence-corrected chi connectivity index (χ3v) is 3.70. The highest BCUT2D eigenvalue weighted by Gasteiger charge is 2.26. The van der Waals surface area contributed by atoms with Gasteiger partial charge in [-0.2, -0.15) is 0 Å². The molecule has 2 rings (SSSR count). The fraction of sp³-hybridized carbons (Fsp3) is 0.533. The molecule has 2 heterocycles. The highest BCUT2D eigenvalue weighted by atomic mass is 16.4. The highest BCUT2D eigenvalue weighted by Crippen LogP contribution is 2.06. The standard InChI is InChI=1S/C15H22N4O3/c1-18(9-12-2-4-16-5-3-12)11-14(20)19-7-6-17-8-13(10-19)15(21)22/h2-5,13,17H,6-11H2,1H3,(H,21,22)/t13-/m0/s1. The molecule has 1 aliphatic heterocycles. The minimum atomic E-state index is -0.864. The van der Waals surface area contributed by atoms with Gasteiger partial charge in [-0.05, 0) is 24.7 Å². The largest absolute Gasteiger partial charge is 0.481 e.